The topological polar surface area (TPSA) is 119 Å². The van der Waals surface area contributed by atoms with Crippen molar-refractivity contribution in [1.82, 2.24) is 4.90 Å². The first kappa shape index (κ1) is 22.6. The van der Waals surface area contributed by atoms with Crippen molar-refractivity contribution in [3.8, 4) is 11.5 Å². The number of hydrogen-bond acceptors (Lipinski definition) is 8. The number of aliphatic carboxylic acids is 1. The Labute approximate surface area is 175 Å². The van der Waals surface area contributed by atoms with Gasteiger partial charge in [-0.1, -0.05) is 11.6 Å². The quantitative estimate of drug-likeness (QED) is 0.477. The molecule has 0 aromatic heterocycles. The summed E-state index contributed by atoms with van der Waals surface area (Å²) >= 11 is 6.86. The minimum absolute atomic E-state index is 0.0560. The summed E-state index contributed by atoms with van der Waals surface area (Å²) in [6.45, 7) is 2.77. The molecular formula is C18H18ClNO8S. The van der Waals surface area contributed by atoms with Crippen LogP contribution in [-0.2, 0) is 19.1 Å². The second kappa shape index (κ2) is 9.66. The number of halogens is 1. The first-order valence-corrected chi connectivity index (χ1v) is 9.54. The average Bonchev–Trinajstić information content (AvgIpc) is 2.93. The van der Waals surface area contributed by atoms with Gasteiger partial charge < -0.3 is 19.3 Å². The highest BCUT2D eigenvalue weighted by Crippen LogP contribution is 2.39. The highest BCUT2D eigenvalue weighted by atomic mass is 35.5. The number of thioether (sulfide) groups is 1. The van der Waals surface area contributed by atoms with Gasteiger partial charge in [0.2, 0.25) is 0 Å². The third kappa shape index (κ3) is 5.21. The molecule has 0 unspecified atom stereocenters. The lowest BCUT2D eigenvalue weighted by Gasteiger charge is -2.18. The molecule has 2 rings (SSSR count). The van der Waals surface area contributed by atoms with Gasteiger partial charge >= 0.3 is 11.9 Å². The molecule has 1 atom stereocenters. The van der Waals surface area contributed by atoms with Gasteiger partial charge in [-0.3, -0.25) is 14.5 Å². The van der Waals surface area contributed by atoms with Gasteiger partial charge in [0.05, 0.1) is 23.6 Å². The molecule has 1 aliphatic heterocycles. The third-order valence-corrected chi connectivity index (χ3v) is 4.89. The van der Waals surface area contributed by atoms with Crippen LogP contribution < -0.4 is 9.47 Å². The van der Waals surface area contributed by atoms with Crippen molar-refractivity contribution < 1.29 is 38.5 Å². The van der Waals surface area contributed by atoms with Gasteiger partial charge in [-0.15, -0.1) is 0 Å². The van der Waals surface area contributed by atoms with Crippen LogP contribution in [0.5, 0.6) is 11.5 Å². The van der Waals surface area contributed by atoms with Crippen LogP contribution in [-0.4, -0.2) is 59.5 Å². The summed E-state index contributed by atoms with van der Waals surface area (Å²) in [6, 6.07) is 1.89. The summed E-state index contributed by atoms with van der Waals surface area (Å²) < 4.78 is 15.2. The predicted molar refractivity (Wildman–Crippen MR) is 105 cm³/mol. The van der Waals surface area contributed by atoms with E-state index in [4.69, 9.17) is 26.2 Å². The maximum Gasteiger partial charge on any atom is 0.341 e. The number of carboxylic acids is 1. The minimum Gasteiger partial charge on any atom is -0.490 e. The molecule has 11 heteroatoms. The molecule has 1 aromatic rings. The molecule has 0 saturated carbocycles. The highest BCUT2D eigenvalue weighted by Gasteiger charge is 2.41. The Morgan fingerprint density at radius 3 is 2.59 bits per heavy atom. The van der Waals surface area contributed by atoms with Crippen molar-refractivity contribution in [3.05, 3.63) is 27.6 Å². The molecule has 0 bridgehead atoms. The van der Waals surface area contributed by atoms with Gasteiger partial charge in [-0.2, -0.15) is 0 Å². The van der Waals surface area contributed by atoms with E-state index in [0.717, 1.165) is 4.90 Å². The number of ether oxygens (including phenoxy) is 3. The highest BCUT2D eigenvalue weighted by molar-refractivity contribution is 8.18. The first-order valence-electron chi connectivity index (χ1n) is 8.35. The number of nitrogens with zero attached hydrogens (tertiary/aromatic N) is 1. The van der Waals surface area contributed by atoms with Crippen LogP contribution in [0.2, 0.25) is 5.02 Å². The van der Waals surface area contributed by atoms with E-state index >= 15 is 0 Å². The van der Waals surface area contributed by atoms with E-state index in [1.165, 1.54) is 32.2 Å². The van der Waals surface area contributed by atoms with Gasteiger partial charge in [0.15, 0.2) is 18.1 Å². The standard InChI is InChI=1S/C18H18ClNO8S/c1-4-27-12-6-10(5-11(19)15(12)28-8-14(21)22)7-13-16(23)20(18(25)29-13)9(2)17(24)26-3/h5-7,9H,4,8H2,1-3H3,(H,21,22)/b13-7+/t9-/m0/s1. The Morgan fingerprint density at radius 1 is 1.31 bits per heavy atom. The van der Waals surface area contributed by atoms with Crippen LogP contribution in [0.3, 0.4) is 0 Å². The molecular weight excluding hydrogens is 426 g/mol. The lowest BCUT2D eigenvalue weighted by molar-refractivity contribution is -0.148. The zero-order valence-corrected chi connectivity index (χ0v) is 17.3. The Morgan fingerprint density at radius 2 is 2.00 bits per heavy atom. The molecule has 1 aliphatic rings. The van der Waals surface area contributed by atoms with Gasteiger partial charge in [-0.25, -0.2) is 9.59 Å². The third-order valence-electron chi connectivity index (χ3n) is 3.72. The molecule has 0 spiro atoms. The number of carbonyl (C=O) groups excluding carboxylic acids is 3. The van der Waals surface area contributed by atoms with Gasteiger partial charge in [-0.05, 0) is 49.4 Å². The predicted octanol–water partition coefficient (Wildman–Crippen LogP) is 2.80. The number of esters is 1. The number of carbonyl (C=O) groups is 4. The number of rotatable bonds is 8. The summed E-state index contributed by atoms with van der Waals surface area (Å²) in [7, 11) is 1.17. The maximum atomic E-state index is 12.6. The zero-order valence-electron chi connectivity index (χ0n) is 15.8. The lowest BCUT2D eigenvalue weighted by Crippen LogP contribution is -2.42. The number of imide groups is 1. The van der Waals surface area contributed by atoms with Crippen molar-refractivity contribution in [2.24, 2.45) is 0 Å². The number of benzene rings is 1. The second-order valence-corrected chi connectivity index (χ2v) is 7.10. The van der Waals surface area contributed by atoms with E-state index in [2.05, 4.69) is 4.74 Å². The van der Waals surface area contributed by atoms with Gasteiger partial charge in [0, 0.05) is 0 Å². The van der Waals surface area contributed by atoms with Crippen LogP contribution in [0.1, 0.15) is 19.4 Å². The Bertz CT molecular complexity index is 885. The van der Waals surface area contributed by atoms with E-state index in [9.17, 15) is 19.2 Å². The molecule has 1 aromatic carbocycles. The largest absolute Gasteiger partial charge is 0.490 e. The van der Waals surface area contributed by atoms with E-state index in [1.54, 1.807) is 6.92 Å². The van der Waals surface area contributed by atoms with Gasteiger partial charge in [0.25, 0.3) is 11.1 Å². The Balaban J connectivity index is 2.36. The van der Waals surface area contributed by atoms with Crippen molar-refractivity contribution in [2.45, 2.75) is 19.9 Å². The van der Waals surface area contributed by atoms with E-state index in [-0.39, 0.29) is 28.0 Å². The summed E-state index contributed by atoms with van der Waals surface area (Å²) in [5, 5.41) is 8.26. The normalized spacial score (nSPS) is 16.1. The first-order chi connectivity index (χ1) is 13.7. The summed E-state index contributed by atoms with van der Waals surface area (Å²) in [4.78, 5) is 48.1. The second-order valence-electron chi connectivity index (χ2n) is 5.70. The van der Waals surface area contributed by atoms with Crippen LogP contribution in [0.15, 0.2) is 17.0 Å². The van der Waals surface area contributed by atoms with Gasteiger partial charge in [0.1, 0.15) is 6.04 Å². The van der Waals surface area contributed by atoms with E-state index < -0.39 is 35.7 Å². The van der Waals surface area contributed by atoms with Crippen molar-refractivity contribution >= 4 is 52.5 Å². The molecule has 29 heavy (non-hydrogen) atoms. The molecule has 1 N–H and O–H groups in total. The molecule has 1 heterocycles. The SMILES string of the molecule is CCOc1cc(/C=C2/SC(=O)N([C@@H](C)C(=O)OC)C2=O)cc(Cl)c1OCC(=O)O. The van der Waals surface area contributed by atoms with Crippen LogP contribution in [0, 0.1) is 0 Å². The molecule has 0 radical (unpaired) electrons. The summed E-state index contributed by atoms with van der Waals surface area (Å²) in [5.74, 6) is -2.29. The van der Waals surface area contributed by atoms with E-state index in [0.29, 0.717) is 17.3 Å². The fourth-order valence-corrected chi connectivity index (χ4v) is 3.63. The molecule has 0 aliphatic carbocycles. The fraction of sp³-hybridized carbons (Fsp3) is 0.333. The smallest absolute Gasteiger partial charge is 0.341 e. The number of methoxy groups -OCH3 is 1. The zero-order chi connectivity index (χ0) is 21.7. The van der Waals surface area contributed by atoms with Crippen LogP contribution in [0.25, 0.3) is 6.08 Å². The summed E-state index contributed by atoms with van der Waals surface area (Å²) in [6.07, 6.45) is 1.42. The average molecular weight is 444 g/mol. The fourth-order valence-electron chi connectivity index (χ4n) is 2.45. The minimum atomic E-state index is -1.18. The monoisotopic (exact) mass is 443 g/mol. The van der Waals surface area contributed by atoms with E-state index in [1.807, 2.05) is 0 Å². The molecule has 9 nitrogen and oxygen atoms in total. The number of carboxylic acid groups (broad SMARTS) is 1. The number of amides is 2. The summed E-state index contributed by atoms with van der Waals surface area (Å²) in [5.41, 5.74) is 0.428. The van der Waals surface area contributed by atoms with Crippen molar-refractivity contribution in [1.29, 1.82) is 0 Å². The van der Waals surface area contributed by atoms with Crippen LogP contribution >= 0.6 is 23.4 Å². The Kier molecular flexibility index (Phi) is 7.52. The Hall–Kier alpha value is -2.72. The lowest BCUT2D eigenvalue weighted by atomic mass is 10.1. The number of hydrogen-bond donors (Lipinski definition) is 1. The molecule has 1 fully saturated rings. The molecule has 2 amide bonds. The van der Waals surface area contributed by atoms with Crippen molar-refractivity contribution in [3.63, 3.8) is 0 Å². The molecule has 156 valence electrons. The molecule has 1 saturated heterocycles. The van der Waals surface area contributed by atoms with Crippen molar-refractivity contribution in [2.75, 3.05) is 20.3 Å². The maximum absolute atomic E-state index is 12.6. The van der Waals surface area contributed by atoms with Crippen LogP contribution in [0.4, 0.5) is 4.79 Å².